The fourth-order valence-electron chi connectivity index (χ4n) is 3.81. The number of carbonyl (C=O) groups excluding carboxylic acids is 1. The van der Waals surface area contributed by atoms with E-state index in [1.54, 1.807) is 0 Å². The molecule has 0 saturated heterocycles. The molecule has 26 heavy (non-hydrogen) atoms. The minimum Gasteiger partial charge on any atom is -0.493 e. The van der Waals surface area contributed by atoms with Crippen LogP contribution in [0.5, 0.6) is 5.75 Å². The lowest BCUT2D eigenvalue weighted by Gasteiger charge is -2.15. The number of rotatable bonds is 4. The average molecular weight is 347 g/mol. The van der Waals surface area contributed by atoms with Gasteiger partial charge >= 0.3 is 0 Å². The first-order valence-corrected chi connectivity index (χ1v) is 9.19. The fraction of sp³-hybridized carbons (Fsp3) is 0.333. The number of fused-ring (bicyclic) bond motifs is 2. The number of aromatic nitrogens is 2. The van der Waals surface area contributed by atoms with Gasteiger partial charge in [0.25, 0.3) is 0 Å². The van der Waals surface area contributed by atoms with Gasteiger partial charge in [-0.2, -0.15) is 0 Å². The summed E-state index contributed by atoms with van der Waals surface area (Å²) in [5.41, 5.74) is 4.35. The lowest BCUT2D eigenvalue weighted by atomic mass is 10.0. The number of carbonyl (C=O) groups is 1. The van der Waals surface area contributed by atoms with Crippen LogP contribution in [0.25, 0.3) is 11.0 Å². The minimum atomic E-state index is -0.00896. The Balaban J connectivity index is 1.26. The normalized spacial score (nSPS) is 21.9. The van der Waals surface area contributed by atoms with Gasteiger partial charge in [-0.25, -0.2) is 4.98 Å². The molecule has 5 nitrogen and oxygen atoms in total. The van der Waals surface area contributed by atoms with Gasteiger partial charge < -0.3 is 15.0 Å². The van der Waals surface area contributed by atoms with Crippen LogP contribution in [0.15, 0.2) is 42.5 Å². The highest BCUT2D eigenvalue weighted by Crippen LogP contribution is 2.47. The number of aromatic amines is 1. The van der Waals surface area contributed by atoms with E-state index in [9.17, 15) is 4.79 Å². The van der Waals surface area contributed by atoms with Gasteiger partial charge in [-0.1, -0.05) is 18.2 Å². The summed E-state index contributed by atoms with van der Waals surface area (Å²) < 4.78 is 5.55. The minimum absolute atomic E-state index is 0.00896. The lowest BCUT2D eigenvalue weighted by Crippen LogP contribution is -2.28. The van der Waals surface area contributed by atoms with Gasteiger partial charge in [0.15, 0.2) is 0 Å². The Labute approximate surface area is 151 Å². The number of benzene rings is 2. The molecular weight excluding hydrogens is 326 g/mol. The van der Waals surface area contributed by atoms with Gasteiger partial charge in [-0.05, 0) is 48.7 Å². The van der Waals surface area contributed by atoms with E-state index < -0.39 is 0 Å². The van der Waals surface area contributed by atoms with Crippen molar-refractivity contribution in [1.82, 2.24) is 15.3 Å². The predicted molar refractivity (Wildman–Crippen MR) is 99.1 cm³/mol. The molecule has 5 rings (SSSR count). The number of para-hydroxylation sites is 2. The first-order chi connectivity index (χ1) is 12.7. The van der Waals surface area contributed by atoms with Crippen LogP contribution < -0.4 is 10.1 Å². The SMILES string of the molecule is CC(NC(=O)[C@H]1C[C@@H]1c1nc2ccccc2[nH]1)c1ccc2c(c1)CCO2. The number of imidazole rings is 1. The molecule has 5 heteroatoms. The fourth-order valence-corrected chi connectivity index (χ4v) is 3.81. The molecule has 1 aliphatic carbocycles. The van der Waals surface area contributed by atoms with Crippen molar-refractivity contribution < 1.29 is 9.53 Å². The Morgan fingerprint density at radius 3 is 3.08 bits per heavy atom. The van der Waals surface area contributed by atoms with Crippen LogP contribution in [0, 0.1) is 5.92 Å². The van der Waals surface area contributed by atoms with E-state index in [2.05, 4.69) is 21.4 Å². The van der Waals surface area contributed by atoms with Crippen LogP contribution in [0.1, 0.15) is 42.3 Å². The number of ether oxygens (including phenoxy) is 1. The van der Waals surface area contributed by atoms with Gasteiger partial charge in [-0.15, -0.1) is 0 Å². The molecule has 1 saturated carbocycles. The Bertz CT molecular complexity index is 961. The number of hydrogen-bond donors (Lipinski definition) is 2. The Kier molecular flexibility index (Phi) is 3.48. The molecule has 2 heterocycles. The van der Waals surface area contributed by atoms with Crippen molar-refractivity contribution in [2.45, 2.75) is 31.7 Å². The second kappa shape index (κ2) is 5.87. The van der Waals surface area contributed by atoms with E-state index in [1.807, 2.05) is 43.3 Å². The molecule has 1 amide bonds. The van der Waals surface area contributed by atoms with Crippen LogP contribution in [0.3, 0.4) is 0 Å². The molecule has 132 valence electrons. The number of nitrogens with one attached hydrogen (secondary N) is 2. The maximum atomic E-state index is 12.6. The van der Waals surface area contributed by atoms with E-state index in [4.69, 9.17) is 4.74 Å². The van der Waals surface area contributed by atoms with Crippen LogP contribution >= 0.6 is 0 Å². The maximum absolute atomic E-state index is 12.6. The molecule has 1 fully saturated rings. The van der Waals surface area contributed by atoms with Crippen LogP contribution in [-0.2, 0) is 11.2 Å². The summed E-state index contributed by atoms with van der Waals surface area (Å²) in [6, 6.07) is 14.2. The zero-order valence-corrected chi connectivity index (χ0v) is 14.7. The van der Waals surface area contributed by atoms with Crippen molar-refractivity contribution in [2.75, 3.05) is 6.61 Å². The Hall–Kier alpha value is -2.82. The predicted octanol–water partition coefficient (Wildman–Crippen LogP) is 3.48. The molecule has 1 aliphatic heterocycles. The molecule has 2 aromatic carbocycles. The van der Waals surface area contributed by atoms with Crippen molar-refractivity contribution >= 4 is 16.9 Å². The maximum Gasteiger partial charge on any atom is 0.224 e. The lowest BCUT2D eigenvalue weighted by molar-refractivity contribution is -0.123. The van der Waals surface area contributed by atoms with E-state index >= 15 is 0 Å². The summed E-state index contributed by atoms with van der Waals surface area (Å²) in [6.45, 7) is 2.79. The van der Waals surface area contributed by atoms with E-state index in [1.165, 1.54) is 5.56 Å². The molecule has 1 aromatic heterocycles. The number of hydrogen-bond acceptors (Lipinski definition) is 3. The quantitative estimate of drug-likeness (QED) is 0.759. The Morgan fingerprint density at radius 1 is 1.31 bits per heavy atom. The van der Waals surface area contributed by atoms with Gasteiger partial charge in [-0.3, -0.25) is 4.79 Å². The molecular formula is C21H21N3O2. The zero-order chi connectivity index (χ0) is 17.7. The summed E-state index contributed by atoms with van der Waals surface area (Å²) in [5.74, 6) is 2.21. The van der Waals surface area contributed by atoms with Crippen LogP contribution in [0.4, 0.5) is 0 Å². The summed E-state index contributed by atoms with van der Waals surface area (Å²) in [4.78, 5) is 20.6. The third-order valence-electron chi connectivity index (χ3n) is 5.46. The van der Waals surface area contributed by atoms with Gasteiger partial charge in [0.1, 0.15) is 11.6 Å². The first-order valence-electron chi connectivity index (χ1n) is 9.19. The smallest absolute Gasteiger partial charge is 0.224 e. The van der Waals surface area contributed by atoms with Crippen LogP contribution in [0.2, 0.25) is 0 Å². The van der Waals surface area contributed by atoms with Crippen molar-refractivity contribution in [2.24, 2.45) is 5.92 Å². The second-order valence-corrected chi connectivity index (χ2v) is 7.28. The summed E-state index contributed by atoms with van der Waals surface area (Å²) >= 11 is 0. The molecule has 0 radical (unpaired) electrons. The summed E-state index contributed by atoms with van der Waals surface area (Å²) in [6.07, 6.45) is 1.80. The second-order valence-electron chi connectivity index (χ2n) is 7.28. The van der Waals surface area contributed by atoms with Crippen LogP contribution in [-0.4, -0.2) is 22.5 Å². The van der Waals surface area contributed by atoms with Crippen molar-refractivity contribution in [1.29, 1.82) is 0 Å². The number of H-pyrrole nitrogens is 1. The molecule has 1 unspecified atom stereocenters. The highest BCUT2D eigenvalue weighted by molar-refractivity contribution is 5.83. The highest BCUT2D eigenvalue weighted by Gasteiger charge is 2.46. The number of nitrogens with zero attached hydrogens (tertiary/aromatic N) is 1. The third-order valence-corrected chi connectivity index (χ3v) is 5.46. The summed E-state index contributed by atoms with van der Waals surface area (Å²) in [7, 11) is 0. The summed E-state index contributed by atoms with van der Waals surface area (Å²) in [5, 5.41) is 3.16. The zero-order valence-electron chi connectivity index (χ0n) is 14.7. The van der Waals surface area contributed by atoms with Gasteiger partial charge in [0.2, 0.25) is 5.91 Å². The number of amides is 1. The first kappa shape index (κ1) is 15.4. The van der Waals surface area contributed by atoms with E-state index in [-0.39, 0.29) is 23.8 Å². The van der Waals surface area contributed by atoms with E-state index in [0.29, 0.717) is 0 Å². The molecule has 3 atom stereocenters. The van der Waals surface area contributed by atoms with E-state index in [0.717, 1.165) is 47.6 Å². The molecule has 3 aromatic rings. The molecule has 0 bridgehead atoms. The third kappa shape index (κ3) is 2.64. The van der Waals surface area contributed by atoms with Crippen molar-refractivity contribution in [3.05, 3.63) is 59.4 Å². The molecule has 2 aliphatic rings. The standard InChI is InChI=1S/C21H21N3O2/c1-12(13-6-7-19-14(10-13)8-9-26-19)22-21(25)16-11-15(16)20-23-17-4-2-3-5-18(17)24-20/h2-7,10,12,15-16H,8-9,11H2,1H3,(H,22,25)(H,23,24)/t12?,15-,16-/m0/s1. The van der Waals surface area contributed by atoms with Gasteiger partial charge in [0.05, 0.1) is 23.7 Å². The average Bonchev–Trinajstić information content (AvgIpc) is 3.12. The van der Waals surface area contributed by atoms with Crippen molar-refractivity contribution in [3.8, 4) is 5.75 Å². The van der Waals surface area contributed by atoms with Crippen molar-refractivity contribution in [3.63, 3.8) is 0 Å². The molecule has 0 spiro atoms. The monoisotopic (exact) mass is 347 g/mol. The van der Waals surface area contributed by atoms with Gasteiger partial charge in [0, 0.05) is 18.3 Å². The molecule has 2 N–H and O–H groups in total. The topological polar surface area (TPSA) is 67.0 Å². The Morgan fingerprint density at radius 2 is 2.19 bits per heavy atom. The largest absolute Gasteiger partial charge is 0.493 e. The highest BCUT2D eigenvalue weighted by atomic mass is 16.5.